The molecule has 0 aliphatic carbocycles. The number of nitriles is 1. The van der Waals surface area contributed by atoms with Gasteiger partial charge in [0.25, 0.3) is 0 Å². The molecule has 1 aliphatic rings. The summed E-state index contributed by atoms with van der Waals surface area (Å²) in [7, 11) is 0. The molecule has 0 bridgehead atoms. The first-order valence-electron chi connectivity index (χ1n) is 8.70. The van der Waals surface area contributed by atoms with Crippen LogP contribution in [0.4, 0.5) is 0 Å². The normalized spacial score (nSPS) is 12.5. The number of halogens is 1. The fourth-order valence-electron chi connectivity index (χ4n) is 2.85. The van der Waals surface area contributed by atoms with Gasteiger partial charge in [0.15, 0.2) is 11.5 Å². The van der Waals surface area contributed by atoms with Crippen LogP contribution in [-0.4, -0.2) is 6.79 Å². The molecule has 0 fully saturated rings. The van der Waals surface area contributed by atoms with Gasteiger partial charge in [-0.25, -0.2) is 0 Å². The number of nitrogens with zero attached hydrogens (tertiary/aromatic N) is 1. The Kier molecular flexibility index (Phi) is 5.31. The monoisotopic (exact) mass is 433 g/mol. The summed E-state index contributed by atoms with van der Waals surface area (Å²) in [6.45, 7) is 0.690. The number of allylic oxidation sites excluding steroid dienone is 1. The predicted octanol–water partition coefficient (Wildman–Crippen LogP) is 5.82. The van der Waals surface area contributed by atoms with E-state index >= 15 is 0 Å². The van der Waals surface area contributed by atoms with Gasteiger partial charge in [-0.1, -0.05) is 40.2 Å². The Bertz CT molecular complexity index is 1070. The van der Waals surface area contributed by atoms with Gasteiger partial charge < -0.3 is 14.2 Å². The van der Waals surface area contributed by atoms with Crippen molar-refractivity contribution >= 4 is 27.6 Å². The van der Waals surface area contributed by atoms with Gasteiger partial charge in [-0.3, -0.25) is 0 Å². The average Bonchev–Trinajstić information content (AvgIpc) is 3.20. The zero-order valence-corrected chi connectivity index (χ0v) is 16.5. The third-order valence-corrected chi connectivity index (χ3v) is 4.82. The standard InChI is InChI=1S/C23H16BrNO3/c24-20-7-4-16(5-8-20)14-26-21-3-1-2-17(11-21)10-19(13-25)18-6-9-22-23(12-18)28-15-27-22/h1-12H,14-15H2/b19-10-. The van der Waals surface area contributed by atoms with Gasteiger partial charge in [0.2, 0.25) is 6.79 Å². The molecule has 0 aromatic heterocycles. The zero-order chi connectivity index (χ0) is 19.3. The maximum absolute atomic E-state index is 9.61. The van der Waals surface area contributed by atoms with Crippen LogP contribution in [-0.2, 0) is 6.61 Å². The molecule has 1 heterocycles. The zero-order valence-electron chi connectivity index (χ0n) is 14.9. The van der Waals surface area contributed by atoms with Crippen molar-refractivity contribution in [1.29, 1.82) is 5.26 Å². The summed E-state index contributed by atoms with van der Waals surface area (Å²) in [6, 6.07) is 23.5. The predicted molar refractivity (Wildman–Crippen MR) is 111 cm³/mol. The van der Waals surface area contributed by atoms with Crippen LogP contribution in [0, 0.1) is 11.3 Å². The molecule has 5 heteroatoms. The van der Waals surface area contributed by atoms with Crippen molar-refractivity contribution < 1.29 is 14.2 Å². The molecule has 0 saturated carbocycles. The summed E-state index contributed by atoms with van der Waals surface area (Å²) >= 11 is 3.43. The molecule has 4 rings (SSSR count). The fourth-order valence-corrected chi connectivity index (χ4v) is 3.12. The highest BCUT2D eigenvalue weighted by atomic mass is 79.9. The van der Waals surface area contributed by atoms with Gasteiger partial charge in [-0.05, 0) is 65.2 Å². The van der Waals surface area contributed by atoms with Gasteiger partial charge in [-0.15, -0.1) is 0 Å². The number of fused-ring (bicyclic) bond motifs is 1. The highest BCUT2D eigenvalue weighted by Crippen LogP contribution is 2.34. The fraction of sp³-hybridized carbons (Fsp3) is 0.0870. The Morgan fingerprint density at radius 2 is 1.86 bits per heavy atom. The molecule has 0 unspecified atom stereocenters. The molecule has 0 saturated heterocycles. The summed E-state index contributed by atoms with van der Waals surface area (Å²) in [5.41, 5.74) is 3.31. The summed E-state index contributed by atoms with van der Waals surface area (Å²) in [6.07, 6.45) is 1.84. The van der Waals surface area contributed by atoms with Crippen molar-refractivity contribution in [2.24, 2.45) is 0 Å². The van der Waals surface area contributed by atoms with Crippen LogP contribution in [0.2, 0.25) is 0 Å². The molecular weight excluding hydrogens is 418 g/mol. The van der Waals surface area contributed by atoms with Crippen LogP contribution < -0.4 is 14.2 Å². The number of ether oxygens (including phenoxy) is 3. The van der Waals surface area contributed by atoms with E-state index in [0.717, 1.165) is 26.9 Å². The van der Waals surface area contributed by atoms with E-state index in [1.807, 2.05) is 72.8 Å². The molecule has 0 N–H and O–H groups in total. The molecule has 0 radical (unpaired) electrons. The van der Waals surface area contributed by atoms with E-state index < -0.39 is 0 Å². The Labute approximate surface area is 171 Å². The number of hydrogen-bond donors (Lipinski definition) is 0. The van der Waals surface area contributed by atoms with Crippen molar-refractivity contribution in [1.82, 2.24) is 0 Å². The second kappa shape index (κ2) is 8.20. The second-order valence-electron chi connectivity index (χ2n) is 6.23. The van der Waals surface area contributed by atoms with Gasteiger partial charge in [-0.2, -0.15) is 5.26 Å². The average molecular weight is 434 g/mol. The Balaban J connectivity index is 1.52. The molecule has 28 heavy (non-hydrogen) atoms. The van der Waals surface area contributed by atoms with Crippen LogP contribution in [0.1, 0.15) is 16.7 Å². The minimum atomic E-state index is 0.210. The van der Waals surface area contributed by atoms with Gasteiger partial charge in [0.1, 0.15) is 12.4 Å². The lowest BCUT2D eigenvalue weighted by Crippen LogP contribution is -1.95. The molecule has 3 aromatic carbocycles. The van der Waals surface area contributed by atoms with E-state index in [1.54, 1.807) is 0 Å². The first-order valence-corrected chi connectivity index (χ1v) is 9.50. The van der Waals surface area contributed by atoms with Crippen molar-refractivity contribution in [3.8, 4) is 23.3 Å². The van der Waals surface area contributed by atoms with Crippen molar-refractivity contribution in [3.05, 3.63) is 87.9 Å². The van der Waals surface area contributed by atoms with E-state index in [2.05, 4.69) is 22.0 Å². The minimum absolute atomic E-state index is 0.210. The molecule has 0 atom stereocenters. The summed E-state index contributed by atoms with van der Waals surface area (Å²) in [5, 5.41) is 9.61. The van der Waals surface area contributed by atoms with Crippen LogP contribution in [0.25, 0.3) is 11.6 Å². The maximum Gasteiger partial charge on any atom is 0.231 e. The van der Waals surface area contributed by atoms with E-state index in [4.69, 9.17) is 14.2 Å². The summed E-state index contributed by atoms with van der Waals surface area (Å²) in [4.78, 5) is 0. The van der Waals surface area contributed by atoms with Crippen molar-refractivity contribution in [3.63, 3.8) is 0 Å². The van der Waals surface area contributed by atoms with E-state index in [-0.39, 0.29) is 6.79 Å². The van der Waals surface area contributed by atoms with Crippen LogP contribution in [0.15, 0.2) is 71.2 Å². The SMILES string of the molecule is N#C/C(=C/c1cccc(OCc2ccc(Br)cc2)c1)c1ccc2c(c1)OCO2. The highest BCUT2D eigenvalue weighted by Gasteiger charge is 2.14. The highest BCUT2D eigenvalue weighted by molar-refractivity contribution is 9.10. The third kappa shape index (κ3) is 4.19. The van der Waals surface area contributed by atoms with Crippen molar-refractivity contribution in [2.45, 2.75) is 6.61 Å². The lowest BCUT2D eigenvalue weighted by atomic mass is 10.0. The van der Waals surface area contributed by atoms with Crippen LogP contribution in [0.3, 0.4) is 0 Å². The summed E-state index contributed by atoms with van der Waals surface area (Å²) in [5.74, 6) is 2.11. The second-order valence-corrected chi connectivity index (χ2v) is 7.14. The quantitative estimate of drug-likeness (QED) is 0.375. The minimum Gasteiger partial charge on any atom is -0.489 e. The molecular formula is C23H16BrNO3. The van der Waals surface area contributed by atoms with E-state index in [0.29, 0.717) is 23.7 Å². The molecule has 0 amide bonds. The van der Waals surface area contributed by atoms with E-state index in [9.17, 15) is 5.26 Å². The molecule has 4 nitrogen and oxygen atoms in total. The molecule has 138 valence electrons. The smallest absolute Gasteiger partial charge is 0.231 e. The molecule has 3 aromatic rings. The number of benzene rings is 3. The molecule has 0 spiro atoms. The Morgan fingerprint density at radius 3 is 2.68 bits per heavy atom. The lowest BCUT2D eigenvalue weighted by Gasteiger charge is -2.08. The third-order valence-electron chi connectivity index (χ3n) is 4.29. The Morgan fingerprint density at radius 1 is 1.04 bits per heavy atom. The van der Waals surface area contributed by atoms with Gasteiger partial charge in [0, 0.05) is 4.47 Å². The maximum atomic E-state index is 9.61. The first-order chi connectivity index (χ1) is 13.7. The van der Waals surface area contributed by atoms with E-state index in [1.165, 1.54) is 0 Å². The number of rotatable bonds is 5. The number of hydrogen-bond acceptors (Lipinski definition) is 4. The summed E-state index contributed by atoms with van der Waals surface area (Å²) < 4.78 is 17.7. The largest absolute Gasteiger partial charge is 0.489 e. The first kappa shape index (κ1) is 18.1. The topological polar surface area (TPSA) is 51.5 Å². The van der Waals surface area contributed by atoms with Crippen LogP contribution >= 0.6 is 15.9 Å². The van der Waals surface area contributed by atoms with Crippen molar-refractivity contribution in [2.75, 3.05) is 6.79 Å². The molecule has 1 aliphatic heterocycles. The van der Waals surface area contributed by atoms with Crippen LogP contribution in [0.5, 0.6) is 17.2 Å². The Hall–Kier alpha value is -3.23. The lowest BCUT2D eigenvalue weighted by molar-refractivity contribution is 0.174. The van der Waals surface area contributed by atoms with Gasteiger partial charge >= 0.3 is 0 Å². The van der Waals surface area contributed by atoms with Gasteiger partial charge in [0.05, 0.1) is 11.6 Å².